The average molecular weight is 354 g/mol. The first-order valence-electron chi connectivity index (χ1n) is 6.62. The van der Waals surface area contributed by atoms with Crippen molar-refractivity contribution in [1.29, 1.82) is 0 Å². The van der Waals surface area contributed by atoms with Crippen molar-refractivity contribution in [3.63, 3.8) is 0 Å². The second kappa shape index (κ2) is 7.44. The van der Waals surface area contributed by atoms with Crippen molar-refractivity contribution in [2.75, 3.05) is 7.11 Å². The van der Waals surface area contributed by atoms with Crippen LogP contribution in [-0.4, -0.2) is 30.0 Å². The molecule has 23 heavy (non-hydrogen) atoms. The number of hydrogen-bond acceptors (Lipinski definition) is 5. The first kappa shape index (κ1) is 17.2. The second-order valence-corrected chi connectivity index (χ2v) is 5.40. The van der Waals surface area contributed by atoms with E-state index in [2.05, 4.69) is 4.98 Å². The molecule has 120 valence electrons. The topological polar surface area (TPSA) is 65.5 Å². The maximum absolute atomic E-state index is 12.3. The van der Waals surface area contributed by atoms with E-state index in [1.165, 1.54) is 26.3 Å². The lowest BCUT2D eigenvalue weighted by molar-refractivity contribution is 0.0318. The van der Waals surface area contributed by atoms with Crippen molar-refractivity contribution < 1.29 is 19.1 Å². The van der Waals surface area contributed by atoms with Crippen molar-refractivity contribution in [1.82, 2.24) is 4.98 Å². The van der Waals surface area contributed by atoms with Gasteiger partial charge >= 0.3 is 5.97 Å². The minimum atomic E-state index is -0.953. The van der Waals surface area contributed by atoms with E-state index in [9.17, 15) is 9.59 Å². The minimum Gasteiger partial charge on any atom is -0.497 e. The maximum atomic E-state index is 12.3. The number of rotatable bonds is 5. The summed E-state index contributed by atoms with van der Waals surface area (Å²) in [6, 6.07) is 7.86. The summed E-state index contributed by atoms with van der Waals surface area (Å²) < 4.78 is 10.2. The molecule has 2 rings (SSSR count). The van der Waals surface area contributed by atoms with Gasteiger partial charge in [0.25, 0.3) is 0 Å². The third kappa shape index (κ3) is 4.21. The Labute approximate surface area is 143 Å². The van der Waals surface area contributed by atoms with Gasteiger partial charge in [0, 0.05) is 11.8 Å². The Kier molecular flexibility index (Phi) is 5.58. The highest BCUT2D eigenvalue weighted by Crippen LogP contribution is 2.21. The maximum Gasteiger partial charge on any atom is 0.340 e. The van der Waals surface area contributed by atoms with E-state index in [-0.39, 0.29) is 21.5 Å². The Morgan fingerprint density at radius 1 is 1.13 bits per heavy atom. The zero-order valence-corrected chi connectivity index (χ0v) is 13.9. The van der Waals surface area contributed by atoms with Crippen LogP contribution in [-0.2, 0) is 4.74 Å². The largest absolute Gasteiger partial charge is 0.497 e. The van der Waals surface area contributed by atoms with Crippen molar-refractivity contribution in [3.8, 4) is 5.75 Å². The number of ketones is 1. The van der Waals surface area contributed by atoms with Gasteiger partial charge in [-0.05, 0) is 37.3 Å². The van der Waals surface area contributed by atoms with Gasteiger partial charge in [-0.25, -0.2) is 9.78 Å². The van der Waals surface area contributed by atoms with Gasteiger partial charge in [0.1, 0.15) is 10.9 Å². The molecule has 0 bridgehead atoms. The molecule has 1 aromatic heterocycles. The first-order valence-corrected chi connectivity index (χ1v) is 7.38. The molecule has 1 atom stereocenters. The Morgan fingerprint density at radius 2 is 1.78 bits per heavy atom. The number of hydrogen-bond donors (Lipinski definition) is 0. The van der Waals surface area contributed by atoms with Crippen LogP contribution in [0.25, 0.3) is 0 Å². The van der Waals surface area contributed by atoms with E-state index < -0.39 is 12.1 Å². The smallest absolute Gasteiger partial charge is 0.340 e. The van der Waals surface area contributed by atoms with Gasteiger partial charge in [0.15, 0.2) is 6.10 Å². The summed E-state index contributed by atoms with van der Waals surface area (Å²) in [6.07, 6.45) is 0.284. The predicted molar refractivity (Wildman–Crippen MR) is 86.5 cm³/mol. The molecule has 0 aliphatic rings. The fourth-order valence-electron chi connectivity index (χ4n) is 1.80. The number of Topliss-reactive ketones (excluding diaryl/α,β-unsaturated/α-hetero) is 1. The molecule has 0 unspecified atom stereocenters. The van der Waals surface area contributed by atoms with E-state index in [0.29, 0.717) is 11.3 Å². The van der Waals surface area contributed by atoms with E-state index in [0.717, 1.165) is 0 Å². The Balaban J connectivity index is 2.07. The van der Waals surface area contributed by atoms with Gasteiger partial charge < -0.3 is 9.47 Å². The Hall–Kier alpha value is -2.11. The normalized spacial score (nSPS) is 11.7. The van der Waals surface area contributed by atoms with Gasteiger partial charge in [-0.1, -0.05) is 23.2 Å². The molecule has 0 radical (unpaired) electrons. The molecule has 1 heterocycles. The molecule has 0 N–H and O–H groups in total. The fraction of sp³-hybridized carbons (Fsp3) is 0.188. The van der Waals surface area contributed by atoms with Crippen molar-refractivity contribution >= 4 is 35.0 Å². The van der Waals surface area contributed by atoms with Crippen molar-refractivity contribution in [3.05, 3.63) is 57.8 Å². The molecule has 0 aliphatic heterocycles. The number of aromatic nitrogens is 1. The summed E-state index contributed by atoms with van der Waals surface area (Å²) in [5, 5.41) is 0.223. The standard InChI is InChI=1S/C16H13Cl2NO4/c1-9(14(20)10-3-5-12(22-2)6-4-10)23-16(21)11-7-13(17)15(18)19-8-11/h3-9H,1-2H3/t9-/m1/s1. The van der Waals surface area contributed by atoms with Crippen LogP contribution in [0.3, 0.4) is 0 Å². The highest BCUT2D eigenvalue weighted by molar-refractivity contribution is 6.41. The molecule has 0 saturated heterocycles. The SMILES string of the molecule is COc1ccc(C(=O)[C@@H](C)OC(=O)c2cnc(Cl)c(Cl)c2)cc1. The molecule has 0 amide bonds. The number of halogens is 2. The van der Waals surface area contributed by atoms with Crippen LogP contribution < -0.4 is 4.74 Å². The Morgan fingerprint density at radius 3 is 2.35 bits per heavy atom. The lowest BCUT2D eigenvalue weighted by atomic mass is 10.1. The monoisotopic (exact) mass is 353 g/mol. The number of nitrogens with zero attached hydrogens (tertiary/aromatic N) is 1. The number of carbonyl (C=O) groups excluding carboxylic acids is 2. The lowest BCUT2D eigenvalue weighted by Gasteiger charge is -2.12. The van der Waals surface area contributed by atoms with Crippen LogP contribution in [0, 0.1) is 0 Å². The summed E-state index contributed by atoms with van der Waals surface area (Å²) in [7, 11) is 1.53. The zero-order valence-electron chi connectivity index (χ0n) is 12.4. The molecule has 0 spiro atoms. The van der Waals surface area contributed by atoms with Crippen LogP contribution in [0.2, 0.25) is 10.2 Å². The van der Waals surface area contributed by atoms with Crippen molar-refractivity contribution in [2.24, 2.45) is 0 Å². The Bertz CT molecular complexity index is 731. The van der Waals surface area contributed by atoms with E-state index >= 15 is 0 Å². The van der Waals surface area contributed by atoms with E-state index in [1.54, 1.807) is 24.3 Å². The zero-order chi connectivity index (χ0) is 17.0. The van der Waals surface area contributed by atoms with Gasteiger partial charge in [-0.2, -0.15) is 0 Å². The van der Waals surface area contributed by atoms with E-state index in [4.69, 9.17) is 32.7 Å². The van der Waals surface area contributed by atoms with Gasteiger partial charge in [-0.3, -0.25) is 4.79 Å². The van der Waals surface area contributed by atoms with Crippen LogP contribution in [0.1, 0.15) is 27.6 Å². The van der Waals surface area contributed by atoms with Gasteiger partial charge in [-0.15, -0.1) is 0 Å². The predicted octanol–water partition coefficient (Wildman–Crippen LogP) is 3.83. The van der Waals surface area contributed by atoms with Gasteiger partial charge in [0.2, 0.25) is 5.78 Å². The molecule has 2 aromatic rings. The van der Waals surface area contributed by atoms with E-state index in [1.807, 2.05) is 0 Å². The van der Waals surface area contributed by atoms with Crippen LogP contribution in [0.4, 0.5) is 0 Å². The molecule has 5 nitrogen and oxygen atoms in total. The summed E-state index contributed by atoms with van der Waals surface area (Å²) in [4.78, 5) is 28.0. The fourth-order valence-corrected chi connectivity index (χ4v) is 2.07. The number of benzene rings is 1. The molecule has 0 fully saturated rings. The molecule has 0 saturated carbocycles. The number of esters is 1. The van der Waals surface area contributed by atoms with Crippen LogP contribution in [0.15, 0.2) is 36.5 Å². The van der Waals surface area contributed by atoms with Gasteiger partial charge in [0.05, 0.1) is 17.7 Å². The average Bonchev–Trinajstić information content (AvgIpc) is 2.56. The minimum absolute atomic E-state index is 0.0885. The summed E-state index contributed by atoms with van der Waals surface area (Å²) in [5.41, 5.74) is 0.534. The first-order chi connectivity index (χ1) is 10.9. The highest BCUT2D eigenvalue weighted by Gasteiger charge is 2.21. The summed E-state index contributed by atoms with van der Waals surface area (Å²) in [5.74, 6) is -0.396. The highest BCUT2D eigenvalue weighted by atomic mass is 35.5. The molecule has 0 aliphatic carbocycles. The molecule has 1 aromatic carbocycles. The van der Waals surface area contributed by atoms with Crippen LogP contribution in [0.5, 0.6) is 5.75 Å². The number of pyridine rings is 1. The molecular formula is C16H13Cl2NO4. The van der Waals surface area contributed by atoms with Crippen LogP contribution >= 0.6 is 23.2 Å². The number of ether oxygens (including phenoxy) is 2. The molecular weight excluding hydrogens is 341 g/mol. The third-order valence-electron chi connectivity index (χ3n) is 3.06. The number of methoxy groups -OCH3 is 1. The third-order valence-corrected chi connectivity index (χ3v) is 3.75. The number of carbonyl (C=O) groups is 2. The quantitative estimate of drug-likeness (QED) is 0.464. The lowest BCUT2D eigenvalue weighted by Crippen LogP contribution is -2.24. The second-order valence-electron chi connectivity index (χ2n) is 4.64. The van der Waals surface area contributed by atoms with Crippen molar-refractivity contribution in [2.45, 2.75) is 13.0 Å². The summed E-state index contributed by atoms with van der Waals surface area (Å²) >= 11 is 11.5. The molecule has 7 heteroatoms. The summed E-state index contributed by atoms with van der Waals surface area (Å²) in [6.45, 7) is 1.50.